The second kappa shape index (κ2) is 7.53. The molecule has 2 amide bonds. The molecule has 2 N–H and O–H groups in total. The second-order valence-corrected chi connectivity index (χ2v) is 5.09. The Morgan fingerprint density at radius 2 is 2.10 bits per heavy atom. The highest BCUT2D eigenvalue weighted by Gasteiger charge is 2.12. The lowest BCUT2D eigenvalue weighted by Gasteiger charge is -2.21. The lowest BCUT2D eigenvalue weighted by atomic mass is 10.1. The van der Waals surface area contributed by atoms with E-state index in [1.54, 1.807) is 36.2 Å². The maximum absolute atomic E-state index is 12.0. The molecule has 20 heavy (non-hydrogen) atoms. The van der Waals surface area contributed by atoms with Crippen molar-refractivity contribution in [1.82, 2.24) is 4.90 Å². The number of urea groups is 1. The minimum absolute atomic E-state index is 0.0492. The molecule has 0 radical (unpaired) electrons. The van der Waals surface area contributed by atoms with Crippen LogP contribution in [0.15, 0.2) is 24.3 Å². The van der Waals surface area contributed by atoms with E-state index in [0.717, 1.165) is 6.42 Å². The largest absolute Gasteiger partial charge is 0.481 e. The first kappa shape index (κ1) is 16.0. The molecule has 1 aromatic carbocycles. The van der Waals surface area contributed by atoms with Gasteiger partial charge in [-0.15, -0.1) is 0 Å². The van der Waals surface area contributed by atoms with Gasteiger partial charge in [0.1, 0.15) is 0 Å². The van der Waals surface area contributed by atoms with Crippen molar-refractivity contribution in [3.8, 4) is 0 Å². The summed E-state index contributed by atoms with van der Waals surface area (Å²) in [6, 6.07) is 6.72. The normalized spacial score (nSPS) is 11.8. The molecule has 0 saturated heterocycles. The summed E-state index contributed by atoms with van der Waals surface area (Å²) in [5, 5.41) is 11.5. The van der Waals surface area contributed by atoms with Crippen LogP contribution in [-0.2, 0) is 11.2 Å². The van der Waals surface area contributed by atoms with Gasteiger partial charge in [-0.2, -0.15) is 0 Å². The summed E-state index contributed by atoms with van der Waals surface area (Å²) >= 11 is 0. The molecule has 0 bridgehead atoms. The maximum Gasteiger partial charge on any atom is 0.321 e. The fourth-order valence-corrected chi connectivity index (χ4v) is 1.83. The van der Waals surface area contributed by atoms with Gasteiger partial charge < -0.3 is 15.3 Å². The van der Waals surface area contributed by atoms with Crippen LogP contribution in [0, 0.1) is 5.92 Å². The molecule has 5 nitrogen and oxygen atoms in total. The quantitative estimate of drug-likeness (QED) is 0.840. The van der Waals surface area contributed by atoms with Crippen molar-refractivity contribution in [2.45, 2.75) is 26.7 Å². The Balaban J connectivity index is 2.63. The maximum atomic E-state index is 12.0. The van der Waals surface area contributed by atoms with Gasteiger partial charge in [-0.25, -0.2) is 4.79 Å². The van der Waals surface area contributed by atoms with Gasteiger partial charge in [0.2, 0.25) is 0 Å². The third kappa shape index (κ3) is 5.30. The molecule has 0 fully saturated rings. The zero-order valence-corrected chi connectivity index (χ0v) is 12.2. The number of amides is 2. The van der Waals surface area contributed by atoms with Gasteiger partial charge in [0.25, 0.3) is 0 Å². The van der Waals surface area contributed by atoms with Crippen molar-refractivity contribution in [2.24, 2.45) is 5.92 Å². The smallest absolute Gasteiger partial charge is 0.321 e. The Morgan fingerprint density at radius 3 is 2.70 bits per heavy atom. The Morgan fingerprint density at radius 1 is 1.40 bits per heavy atom. The van der Waals surface area contributed by atoms with Crippen molar-refractivity contribution in [3.05, 3.63) is 29.8 Å². The van der Waals surface area contributed by atoms with E-state index in [9.17, 15) is 9.59 Å². The van der Waals surface area contributed by atoms with Crippen LogP contribution >= 0.6 is 0 Å². The van der Waals surface area contributed by atoms with E-state index in [4.69, 9.17) is 5.11 Å². The molecule has 1 unspecified atom stereocenters. The van der Waals surface area contributed by atoms with Crippen molar-refractivity contribution in [2.75, 3.05) is 18.9 Å². The van der Waals surface area contributed by atoms with E-state index < -0.39 is 5.97 Å². The SMILES string of the molecule is CCC(C)CN(C)C(=O)Nc1cccc(CC(=O)O)c1. The molecule has 0 aliphatic carbocycles. The number of carbonyl (C=O) groups excluding carboxylic acids is 1. The Kier molecular flexibility index (Phi) is 6.03. The molecule has 5 heteroatoms. The number of benzene rings is 1. The number of carboxylic acid groups (broad SMARTS) is 1. The van der Waals surface area contributed by atoms with Crippen LogP contribution < -0.4 is 5.32 Å². The summed E-state index contributed by atoms with van der Waals surface area (Å²) in [7, 11) is 1.75. The van der Waals surface area contributed by atoms with Gasteiger partial charge in [0.15, 0.2) is 0 Å². The van der Waals surface area contributed by atoms with E-state index in [0.29, 0.717) is 23.7 Å². The molecule has 1 rings (SSSR count). The number of aliphatic carboxylic acids is 1. The monoisotopic (exact) mass is 278 g/mol. The molecular weight excluding hydrogens is 256 g/mol. The summed E-state index contributed by atoms with van der Waals surface area (Å²) in [5.74, 6) is -0.438. The fraction of sp³-hybridized carbons (Fsp3) is 0.467. The number of anilines is 1. The summed E-state index contributed by atoms with van der Waals surface area (Å²) in [6.07, 6.45) is 0.970. The van der Waals surface area contributed by atoms with Gasteiger partial charge >= 0.3 is 12.0 Å². The number of hydrogen-bond donors (Lipinski definition) is 2. The summed E-state index contributed by atoms with van der Waals surface area (Å²) in [5.41, 5.74) is 1.28. The van der Waals surface area contributed by atoms with Crippen LogP contribution in [0.4, 0.5) is 10.5 Å². The molecule has 0 aliphatic heterocycles. The second-order valence-electron chi connectivity index (χ2n) is 5.09. The number of hydrogen-bond acceptors (Lipinski definition) is 2. The fourth-order valence-electron chi connectivity index (χ4n) is 1.83. The minimum atomic E-state index is -0.887. The number of nitrogens with zero attached hydrogens (tertiary/aromatic N) is 1. The lowest BCUT2D eigenvalue weighted by Crippen LogP contribution is -2.34. The molecule has 1 atom stereocenters. The van der Waals surface area contributed by atoms with Crippen LogP contribution in [0.1, 0.15) is 25.8 Å². The lowest BCUT2D eigenvalue weighted by molar-refractivity contribution is -0.136. The highest BCUT2D eigenvalue weighted by Crippen LogP contribution is 2.12. The average molecular weight is 278 g/mol. The van der Waals surface area contributed by atoms with E-state index in [-0.39, 0.29) is 12.5 Å². The van der Waals surface area contributed by atoms with Crippen molar-refractivity contribution < 1.29 is 14.7 Å². The van der Waals surface area contributed by atoms with E-state index in [2.05, 4.69) is 19.2 Å². The minimum Gasteiger partial charge on any atom is -0.481 e. The average Bonchev–Trinajstić information content (AvgIpc) is 2.38. The predicted octanol–water partition coefficient (Wildman–Crippen LogP) is 2.82. The van der Waals surface area contributed by atoms with Crippen molar-refractivity contribution >= 4 is 17.7 Å². The topological polar surface area (TPSA) is 69.6 Å². The van der Waals surface area contributed by atoms with Crippen LogP contribution in [0.25, 0.3) is 0 Å². The number of carboxylic acids is 1. The zero-order chi connectivity index (χ0) is 15.1. The number of rotatable bonds is 6. The third-order valence-corrected chi connectivity index (χ3v) is 3.16. The van der Waals surface area contributed by atoms with Gasteiger partial charge in [-0.3, -0.25) is 4.79 Å². The first-order valence-electron chi connectivity index (χ1n) is 6.75. The molecule has 0 aliphatic rings. The highest BCUT2D eigenvalue weighted by atomic mass is 16.4. The first-order valence-corrected chi connectivity index (χ1v) is 6.75. The number of carbonyl (C=O) groups is 2. The van der Waals surface area contributed by atoms with Gasteiger partial charge in [-0.05, 0) is 23.6 Å². The van der Waals surface area contributed by atoms with Crippen LogP contribution in [0.3, 0.4) is 0 Å². The van der Waals surface area contributed by atoms with Crippen LogP contribution in [0.5, 0.6) is 0 Å². The van der Waals surface area contributed by atoms with E-state index in [1.165, 1.54) is 0 Å². The standard InChI is InChI=1S/C15H22N2O3/c1-4-11(2)10-17(3)15(20)16-13-7-5-6-12(8-13)9-14(18)19/h5-8,11H,4,9-10H2,1-3H3,(H,16,20)(H,18,19). The van der Waals surface area contributed by atoms with Gasteiger partial charge in [0, 0.05) is 19.3 Å². The first-order chi connectivity index (χ1) is 9.42. The molecule has 0 spiro atoms. The highest BCUT2D eigenvalue weighted by molar-refractivity contribution is 5.89. The summed E-state index contributed by atoms with van der Waals surface area (Å²) in [6.45, 7) is 4.88. The molecular formula is C15H22N2O3. The Labute approximate surface area is 119 Å². The predicted molar refractivity (Wildman–Crippen MR) is 78.9 cm³/mol. The summed E-state index contributed by atoms with van der Waals surface area (Å²) < 4.78 is 0. The molecule has 0 saturated carbocycles. The third-order valence-electron chi connectivity index (χ3n) is 3.16. The van der Waals surface area contributed by atoms with Gasteiger partial charge in [-0.1, -0.05) is 32.4 Å². The van der Waals surface area contributed by atoms with Crippen molar-refractivity contribution in [1.29, 1.82) is 0 Å². The molecule has 0 heterocycles. The van der Waals surface area contributed by atoms with E-state index in [1.807, 2.05) is 0 Å². The number of nitrogens with one attached hydrogen (secondary N) is 1. The van der Waals surface area contributed by atoms with Crippen LogP contribution in [0.2, 0.25) is 0 Å². The van der Waals surface area contributed by atoms with Gasteiger partial charge in [0.05, 0.1) is 6.42 Å². The van der Waals surface area contributed by atoms with Crippen molar-refractivity contribution in [3.63, 3.8) is 0 Å². The molecule has 0 aromatic heterocycles. The van der Waals surface area contributed by atoms with Crippen LogP contribution in [-0.4, -0.2) is 35.6 Å². The van der Waals surface area contributed by atoms with E-state index >= 15 is 0 Å². The summed E-state index contributed by atoms with van der Waals surface area (Å²) in [4.78, 5) is 24.3. The molecule has 110 valence electrons. The zero-order valence-electron chi connectivity index (χ0n) is 12.2. The Hall–Kier alpha value is -2.04. The Bertz CT molecular complexity index is 474. The molecule has 1 aromatic rings.